The van der Waals surface area contributed by atoms with Crippen LogP contribution in [0, 0.1) is 5.92 Å². The highest BCUT2D eigenvalue weighted by Crippen LogP contribution is 2.23. The Balaban J connectivity index is 2.25. The normalized spacial score (nSPS) is 23.8. The highest BCUT2D eigenvalue weighted by Gasteiger charge is 2.33. The number of amides is 2. The van der Waals surface area contributed by atoms with E-state index in [0.717, 1.165) is 32.2 Å². The summed E-state index contributed by atoms with van der Waals surface area (Å²) in [4.78, 5) is 13.6. The highest BCUT2D eigenvalue weighted by molar-refractivity contribution is 5.74. The summed E-state index contributed by atoms with van der Waals surface area (Å²) in [6.07, 6.45) is 5.91. The third kappa shape index (κ3) is 4.04. The van der Waals surface area contributed by atoms with Crippen molar-refractivity contribution in [1.82, 2.24) is 10.2 Å². The number of nitrogens with one attached hydrogen (secondary N) is 1. The maximum atomic E-state index is 11.9. The first-order chi connectivity index (χ1) is 8.20. The number of hydrogen-bond donors (Lipinski definition) is 2. The van der Waals surface area contributed by atoms with Crippen molar-refractivity contribution in [2.24, 2.45) is 5.92 Å². The fraction of sp³-hybridized carbons (Fsp3) is 0.769. The number of likely N-dealkylation sites (tertiary alicyclic amines) is 1. The summed E-state index contributed by atoms with van der Waals surface area (Å²) in [7, 11) is 0. The minimum absolute atomic E-state index is 0.0109. The van der Waals surface area contributed by atoms with Crippen molar-refractivity contribution in [3.63, 3.8) is 0 Å². The molecule has 17 heavy (non-hydrogen) atoms. The van der Waals surface area contributed by atoms with E-state index in [4.69, 9.17) is 0 Å². The van der Waals surface area contributed by atoms with E-state index in [0.29, 0.717) is 12.5 Å². The van der Waals surface area contributed by atoms with Gasteiger partial charge in [0.1, 0.15) is 0 Å². The van der Waals surface area contributed by atoms with E-state index in [9.17, 15) is 9.90 Å². The van der Waals surface area contributed by atoms with Crippen LogP contribution in [0.1, 0.15) is 32.6 Å². The number of unbranched alkanes of at least 4 members (excludes halogenated alkanes) is 2. The Bertz CT molecular complexity index is 256. The summed E-state index contributed by atoms with van der Waals surface area (Å²) in [5, 5.41) is 12.2. The molecule has 0 radical (unpaired) electrons. The summed E-state index contributed by atoms with van der Waals surface area (Å²) in [5.74, 6) is 0.395. The van der Waals surface area contributed by atoms with Crippen molar-refractivity contribution in [3.05, 3.63) is 12.7 Å². The van der Waals surface area contributed by atoms with Crippen LogP contribution in [0.25, 0.3) is 0 Å². The van der Waals surface area contributed by atoms with E-state index in [2.05, 4.69) is 18.8 Å². The van der Waals surface area contributed by atoms with Gasteiger partial charge in [0.2, 0.25) is 0 Å². The number of carbonyl (C=O) groups is 1. The molecular weight excluding hydrogens is 216 g/mol. The molecule has 2 amide bonds. The van der Waals surface area contributed by atoms with E-state index >= 15 is 0 Å². The van der Waals surface area contributed by atoms with E-state index in [1.165, 1.54) is 0 Å². The van der Waals surface area contributed by atoms with Gasteiger partial charge in [0.15, 0.2) is 0 Å². The van der Waals surface area contributed by atoms with Gasteiger partial charge in [-0.3, -0.25) is 0 Å². The number of aliphatic hydroxyl groups excluding tert-OH is 1. The fourth-order valence-corrected chi connectivity index (χ4v) is 2.25. The smallest absolute Gasteiger partial charge is 0.317 e. The molecule has 98 valence electrons. The van der Waals surface area contributed by atoms with Gasteiger partial charge in [0, 0.05) is 13.1 Å². The van der Waals surface area contributed by atoms with E-state index in [1.807, 2.05) is 6.08 Å². The average Bonchev–Trinajstić information content (AvgIpc) is 2.70. The van der Waals surface area contributed by atoms with Gasteiger partial charge in [0.25, 0.3) is 0 Å². The quantitative estimate of drug-likeness (QED) is 0.549. The Hall–Kier alpha value is -1.03. The first-order valence-corrected chi connectivity index (χ1v) is 6.47. The first kappa shape index (κ1) is 14.0. The molecule has 0 bridgehead atoms. The zero-order valence-corrected chi connectivity index (χ0v) is 10.7. The average molecular weight is 240 g/mol. The molecular formula is C13H24N2O2. The third-order valence-electron chi connectivity index (χ3n) is 3.44. The lowest BCUT2D eigenvalue weighted by molar-refractivity contribution is 0.144. The SMILES string of the molecule is C=CCCCCNC(=O)N1CC[C@H](C)[C@H]1CO. The minimum Gasteiger partial charge on any atom is -0.394 e. The maximum absolute atomic E-state index is 11.9. The second-order valence-corrected chi connectivity index (χ2v) is 4.73. The third-order valence-corrected chi connectivity index (χ3v) is 3.44. The van der Waals surface area contributed by atoms with Crippen LogP contribution in [0.2, 0.25) is 0 Å². The van der Waals surface area contributed by atoms with Crippen LogP contribution in [0.3, 0.4) is 0 Å². The van der Waals surface area contributed by atoms with Crippen LogP contribution in [0.15, 0.2) is 12.7 Å². The second-order valence-electron chi connectivity index (χ2n) is 4.73. The summed E-state index contributed by atoms with van der Waals surface area (Å²) >= 11 is 0. The Morgan fingerprint density at radius 2 is 2.35 bits per heavy atom. The molecule has 1 aliphatic rings. The molecule has 1 heterocycles. The number of urea groups is 1. The van der Waals surface area contributed by atoms with E-state index in [1.54, 1.807) is 4.90 Å². The van der Waals surface area contributed by atoms with Crippen LogP contribution >= 0.6 is 0 Å². The van der Waals surface area contributed by atoms with Crippen molar-refractivity contribution in [3.8, 4) is 0 Å². The van der Waals surface area contributed by atoms with E-state index in [-0.39, 0.29) is 18.7 Å². The monoisotopic (exact) mass is 240 g/mol. The van der Waals surface area contributed by atoms with E-state index < -0.39 is 0 Å². The Morgan fingerprint density at radius 3 is 3.00 bits per heavy atom. The van der Waals surface area contributed by atoms with Gasteiger partial charge >= 0.3 is 6.03 Å². The van der Waals surface area contributed by atoms with Gasteiger partial charge in [-0.2, -0.15) is 0 Å². The van der Waals surface area contributed by atoms with Gasteiger partial charge in [-0.05, 0) is 31.6 Å². The van der Waals surface area contributed by atoms with Crippen LogP contribution in [-0.4, -0.2) is 41.8 Å². The molecule has 0 saturated carbocycles. The molecule has 0 aliphatic carbocycles. The molecule has 2 N–H and O–H groups in total. The number of aliphatic hydroxyl groups is 1. The molecule has 1 saturated heterocycles. The number of hydrogen-bond acceptors (Lipinski definition) is 2. The molecule has 2 atom stereocenters. The first-order valence-electron chi connectivity index (χ1n) is 6.47. The molecule has 1 aliphatic heterocycles. The zero-order chi connectivity index (χ0) is 12.7. The lowest BCUT2D eigenvalue weighted by Crippen LogP contribution is -2.45. The topological polar surface area (TPSA) is 52.6 Å². The largest absolute Gasteiger partial charge is 0.394 e. The van der Waals surface area contributed by atoms with Crippen LogP contribution in [0.5, 0.6) is 0 Å². The molecule has 0 aromatic rings. The zero-order valence-electron chi connectivity index (χ0n) is 10.7. The van der Waals surface area contributed by atoms with Gasteiger partial charge < -0.3 is 15.3 Å². The molecule has 1 rings (SSSR count). The molecule has 0 aromatic heterocycles. The standard InChI is InChI=1S/C13H24N2O2/c1-3-4-5-6-8-14-13(17)15-9-7-11(2)12(15)10-16/h3,11-12,16H,1,4-10H2,2H3,(H,14,17)/t11-,12+/m0/s1. The minimum atomic E-state index is -0.0352. The Kier molecular flexibility index (Phi) is 6.05. The lowest BCUT2D eigenvalue weighted by Gasteiger charge is -2.25. The summed E-state index contributed by atoms with van der Waals surface area (Å²) in [6, 6.07) is -0.0461. The summed E-state index contributed by atoms with van der Waals surface area (Å²) < 4.78 is 0. The molecule has 4 heteroatoms. The van der Waals surface area contributed by atoms with Crippen LogP contribution in [-0.2, 0) is 0 Å². The number of allylic oxidation sites excluding steroid dienone is 1. The van der Waals surface area contributed by atoms with Crippen LogP contribution in [0.4, 0.5) is 4.79 Å². The molecule has 4 nitrogen and oxygen atoms in total. The summed E-state index contributed by atoms with van der Waals surface area (Å²) in [5.41, 5.74) is 0. The second kappa shape index (κ2) is 7.33. The molecule has 1 fully saturated rings. The number of rotatable bonds is 6. The Morgan fingerprint density at radius 1 is 1.59 bits per heavy atom. The lowest BCUT2D eigenvalue weighted by atomic mass is 10.0. The summed E-state index contributed by atoms with van der Waals surface area (Å²) in [6.45, 7) is 7.26. The Labute approximate surface area is 104 Å². The van der Waals surface area contributed by atoms with Gasteiger partial charge in [-0.25, -0.2) is 4.79 Å². The van der Waals surface area contributed by atoms with Crippen molar-refractivity contribution in [1.29, 1.82) is 0 Å². The molecule has 0 spiro atoms. The number of nitrogens with zero attached hydrogens (tertiary/aromatic N) is 1. The van der Waals surface area contributed by atoms with Crippen molar-refractivity contribution >= 4 is 6.03 Å². The highest BCUT2D eigenvalue weighted by atomic mass is 16.3. The molecule has 0 aromatic carbocycles. The van der Waals surface area contributed by atoms with Crippen molar-refractivity contribution in [2.75, 3.05) is 19.7 Å². The number of carbonyl (C=O) groups excluding carboxylic acids is 1. The predicted molar refractivity (Wildman–Crippen MR) is 68.8 cm³/mol. The molecule has 0 unspecified atom stereocenters. The van der Waals surface area contributed by atoms with Gasteiger partial charge in [0.05, 0.1) is 12.6 Å². The van der Waals surface area contributed by atoms with Crippen molar-refractivity contribution in [2.45, 2.75) is 38.6 Å². The van der Waals surface area contributed by atoms with Gasteiger partial charge in [-0.15, -0.1) is 6.58 Å². The fourth-order valence-electron chi connectivity index (χ4n) is 2.25. The van der Waals surface area contributed by atoms with Crippen LogP contribution < -0.4 is 5.32 Å². The maximum Gasteiger partial charge on any atom is 0.317 e. The van der Waals surface area contributed by atoms with Crippen molar-refractivity contribution < 1.29 is 9.90 Å². The van der Waals surface area contributed by atoms with Gasteiger partial charge in [-0.1, -0.05) is 13.0 Å². The predicted octanol–water partition coefficient (Wildman–Crippen LogP) is 1.76.